The molecule has 1 heterocycles. The van der Waals surface area contributed by atoms with Crippen LogP contribution in [0.15, 0.2) is 60.7 Å². The second kappa shape index (κ2) is 6.30. The molecule has 0 bridgehead atoms. The van der Waals surface area contributed by atoms with E-state index in [1.165, 1.54) is 11.1 Å². The van der Waals surface area contributed by atoms with E-state index in [0.29, 0.717) is 5.17 Å². The zero-order valence-corrected chi connectivity index (χ0v) is 14.6. The molecular weight excluding hydrogens is 304 g/mol. The number of hydrogen-bond donors (Lipinski definition) is 0. The maximum Gasteiger partial charge on any atom is 0.283 e. The summed E-state index contributed by atoms with van der Waals surface area (Å²) in [5.41, 5.74) is 2.24. The molecule has 3 rings (SSSR count). The smallest absolute Gasteiger partial charge is 0.283 e. The lowest BCUT2D eigenvalue weighted by molar-refractivity contribution is -0.154. The Balaban J connectivity index is 1.97. The first-order chi connectivity index (χ1) is 11.0. The van der Waals surface area contributed by atoms with Crippen LogP contribution < -0.4 is 0 Å². The van der Waals surface area contributed by atoms with Crippen molar-refractivity contribution in [1.82, 2.24) is 9.96 Å². The van der Waals surface area contributed by atoms with Gasteiger partial charge in [0.25, 0.3) is 5.17 Å². The quantitative estimate of drug-likeness (QED) is 0.770. The van der Waals surface area contributed by atoms with Gasteiger partial charge < -0.3 is 9.74 Å². The third-order valence-electron chi connectivity index (χ3n) is 3.88. The summed E-state index contributed by atoms with van der Waals surface area (Å²) in [5.74, 6) is 0. The molecule has 1 aliphatic heterocycles. The van der Waals surface area contributed by atoms with Crippen LogP contribution in [0.5, 0.6) is 0 Å². The van der Waals surface area contributed by atoms with Crippen LogP contribution in [-0.2, 0) is 11.4 Å². The van der Waals surface area contributed by atoms with Gasteiger partial charge in [0.05, 0.1) is 5.54 Å². The maximum atomic E-state index is 5.97. The molecule has 0 amide bonds. The highest BCUT2D eigenvalue weighted by Gasteiger charge is 2.44. The van der Waals surface area contributed by atoms with Gasteiger partial charge in [0.2, 0.25) is 0 Å². The number of thiocarbonyl (C=S) groups is 1. The van der Waals surface area contributed by atoms with E-state index < -0.39 is 0 Å². The van der Waals surface area contributed by atoms with Gasteiger partial charge in [-0.3, -0.25) is 0 Å². The van der Waals surface area contributed by atoms with Gasteiger partial charge in [-0.15, -0.1) is 5.06 Å². The minimum atomic E-state index is -0.157. The second-order valence-corrected chi connectivity index (χ2v) is 7.10. The van der Waals surface area contributed by atoms with Crippen LogP contribution in [0.3, 0.4) is 0 Å². The summed E-state index contributed by atoms with van der Waals surface area (Å²) >= 11 is 5.52. The van der Waals surface area contributed by atoms with Crippen LogP contribution in [0, 0.1) is 0 Å². The highest BCUT2D eigenvalue weighted by Crippen LogP contribution is 2.38. The Morgan fingerprint density at radius 1 is 0.957 bits per heavy atom. The van der Waals surface area contributed by atoms with Gasteiger partial charge >= 0.3 is 0 Å². The minimum Gasteiger partial charge on any atom is -0.372 e. The van der Waals surface area contributed by atoms with Crippen molar-refractivity contribution in [2.24, 2.45) is 0 Å². The van der Waals surface area contributed by atoms with Crippen molar-refractivity contribution in [3.8, 4) is 0 Å². The Bertz CT molecular complexity index is 667. The van der Waals surface area contributed by atoms with Gasteiger partial charge in [0.1, 0.15) is 6.17 Å². The van der Waals surface area contributed by atoms with E-state index in [9.17, 15) is 0 Å². The molecule has 0 N–H and O–H groups in total. The van der Waals surface area contributed by atoms with Crippen molar-refractivity contribution in [2.45, 2.75) is 39.0 Å². The standard InChI is InChI=1S/C19H22N2OS/c1-19(2,3)21-17(16-12-8-5-9-13-16)20(18(23)22-21)14-15-10-6-4-7-11-15/h4-13,17H,14H2,1-3H3. The normalized spacial score (nSPS) is 19.0. The number of hydrogen-bond acceptors (Lipinski definition) is 3. The van der Waals surface area contributed by atoms with E-state index in [4.69, 9.17) is 17.1 Å². The molecule has 0 saturated carbocycles. The number of nitrogens with zero attached hydrogens (tertiary/aromatic N) is 2. The van der Waals surface area contributed by atoms with Gasteiger partial charge in [-0.1, -0.05) is 60.7 Å². The molecule has 1 atom stereocenters. The van der Waals surface area contributed by atoms with Gasteiger partial charge in [-0.05, 0) is 44.1 Å². The van der Waals surface area contributed by atoms with E-state index >= 15 is 0 Å². The fourth-order valence-electron chi connectivity index (χ4n) is 2.79. The van der Waals surface area contributed by atoms with E-state index in [1.54, 1.807) is 0 Å². The molecule has 0 aliphatic carbocycles. The number of hydroxylamine groups is 2. The lowest BCUT2D eigenvalue weighted by atomic mass is 10.0. The minimum absolute atomic E-state index is 0.0242. The highest BCUT2D eigenvalue weighted by molar-refractivity contribution is 7.80. The second-order valence-electron chi connectivity index (χ2n) is 6.75. The predicted molar refractivity (Wildman–Crippen MR) is 96.4 cm³/mol. The summed E-state index contributed by atoms with van der Waals surface area (Å²) in [6, 6.07) is 20.7. The molecular formula is C19H22N2OS. The van der Waals surface area contributed by atoms with Crippen molar-refractivity contribution in [3.05, 3.63) is 71.8 Å². The summed E-state index contributed by atoms with van der Waals surface area (Å²) in [6.07, 6.45) is -0.0242. The van der Waals surface area contributed by atoms with Crippen molar-refractivity contribution in [3.63, 3.8) is 0 Å². The Kier molecular flexibility index (Phi) is 4.37. The fraction of sp³-hybridized carbons (Fsp3) is 0.316. The van der Waals surface area contributed by atoms with Crippen LogP contribution in [0.4, 0.5) is 0 Å². The van der Waals surface area contributed by atoms with Gasteiger partial charge in [-0.25, -0.2) is 0 Å². The molecule has 0 aromatic heterocycles. The van der Waals surface area contributed by atoms with Gasteiger partial charge in [0, 0.05) is 6.54 Å². The molecule has 23 heavy (non-hydrogen) atoms. The maximum absolute atomic E-state index is 5.97. The number of benzene rings is 2. The van der Waals surface area contributed by atoms with Crippen LogP contribution in [0.1, 0.15) is 38.1 Å². The van der Waals surface area contributed by atoms with Crippen LogP contribution in [0.2, 0.25) is 0 Å². The molecule has 4 heteroatoms. The lowest BCUT2D eigenvalue weighted by Gasteiger charge is -2.35. The first kappa shape index (κ1) is 16.0. The zero-order chi connectivity index (χ0) is 16.4. The SMILES string of the molecule is CC(C)(C)N1OC(=S)N(Cc2ccccc2)C1c1ccccc1. The molecule has 2 aromatic rings. The van der Waals surface area contributed by atoms with E-state index in [-0.39, 0.29) is 11.7 Å². The highest BCUT2D eigenvalue weighted by atomic mass is 32.1. The largest absolute Gasteiger partial charge is 0.372 e. The van der Waals surface area contributed by atoms with Gasteiger partial charge in [-0.2, -0.15) is 0 Å². The predicted octanol–water partition coefficient (Wildman–Crippen LogP) is 4.52. The summed E-state index contributed by atoms with van der Waals surface area (Å²) in [4.78, 5) is 8.11. The molecule has 1 saturated heterocycles. The first-order valence-corrected chi connectivity index (χ1v) is 8.24. The molecule has 1 unspecified atom stereocenters. The van der Waals surface area contributed by atoms with Crippen LogP contribution in [-0.4, -0.2) is 20.7 Å². The lowest BCUT2D eigenvalue weighted by Crippen LogP contribution is -2.42. The molecule has 1 fully saturated rings. The van der Waals surface area contributed by atoms with E-state index in [0.717, 1.165) is 6.54 Å². The topological polar surface area (TPSA) is 15.7 Å². The van der Waals surface area contributed by atoms with Crippen molar-refractivity contribution >= 4 is 17.4 Å². The first-order valence-electron chi connectivity index (χ1n) is 7.83. The molecule has 3 nitrogen and oxygen atoms in total. The molecule has 120 valence electrons. The van der Waals surface area contributed by atoms with Crippen LogP contribution >= 0.6 is 12.2 Å². The Labute approximate surface area is 143 Å². The fourth-order valence-corrected chi connectivity index (χ4v) is 3.03. The summed E-state index contributed by atoms with van der Waals surface area (Å²) < 4.78 is 0. The Morgan fingerprint density at radius 2 is 1.52 bits per heavy atom. The van der Waals surface area contributed by atoms with Crippen LogP contribution in [0.25, 0.3) is 0 Å². The van der Waals surface area contributed by atoms with Crippen molar-refractivity contribution < 1.29 is 4.84 Å². The average molecular weight is 326 g/mol. The average Bonchev–Trinajstić information content (AvgIpc) is 2.86. The van der Waals surface area contributed by atoms with E-state index in [2.05, 4.69) is 62.1 Å². The monoisotopic (exact) mass is 326 g/mol. The molecule has 2 aromatic carbocycles. The summed E-state index contributed by atoms with van der Waals surface area (Å²) in [7, 11) is 0. The molecule has 1 aliphatic rings. The van der Waals surface area contributed by atoms with Crippen molar-refractivity contribution in [1.29, 1.82) is 0 Å². The Hall–Kier alpha value is -1.91. The summed E-state index contributed by atoms with van der Waals surface area (Å²) in [6.45, 7) is 7.14. The van der Waals surface area contributed by atoms with E-state index in [1.807, 2.05) is 29.3 Å². The molecule has 0 spiro atoms. The number of rotatable bonds is 3. The third-order valence-corrected chi connectivity index (χ3v) is 4.19. The molecule has 0 radical (unpaired) electrons. The Morgan fingerprint density at radius 3 is 2.09 bits per heavy atom. The van der Waals surface area contributed by atoms with Gasteiger partial charge in [0.15, 0.2) is 0 Å². The zero-order valence-electron chi connectivity index (χ0n) is 13.8. The third kappa shape index (κ3) is 3.38. The van der Waals surface area contributed by atoms with Crippen molar-refractivity contribution in [2.75, 3.05) is 0 Å². The summed E-state index contributed by atoms with van der Waals surface area (Å²) in [5, 5.41) is 2.52.